The third-order valence-corrected chi connectivity index (χ3v) is 2.04. The van der Waals surface area contributed by atoms with Gasteiger partial charge < -0.3 is 9.90 Å². The van der Waals surface area contributed by atoms with Crippen molar-refractivity contribution in [3.63, 3.8) is 0 Å². The Labute approximate surface area is 82.2 Å². The van der Waals surface area contributed by atoms with Gasteiger partial charge in [-0.3, -0.25) is 0 Å². The number of phenols is 1. The van der Waals surface area contributed by atoms with Gasteiger partial charge in [0.1, 0.15) is 12.0 Å². The number of hydrogen-bond acceptors (Lipinski definition) is 2. The highest BCUT2D eigenvalue weighted by atomic mass is 35.5. The van der Waals surface area contributed by atoms with Crippen LogP contribution in [0.3, 0.4) is 0 Å². The summed E-state index contributed by atoms with van der Waals surface area (Å²) in [6, 6.07) is 4.93. The minimum absolute atomic E-state index is 0.246. The smallest absolute Gasteiger partial charge is 0.120 e. The summed E-state index contributed by atoms with van der Waals surface area (Å²) in [6.07, 6.45) is 2.83. The largest absolute Gasteiger partial charge is 0.508 e. The fourth-order valence-corrected chi connectivity index (χ4v) is 1.32. The van der Waals surface area contributed by atoms with Crippen molar-refractivity contribution < 1.29 is 9.90 Å². The Bertz CT molecular complexity index is 297. The van der Waals surface area contributed by atoms with Gasteiger partial charge >= 0.3 is 0 Å². The minimum Gasteiger partial charge on any atom is -0.508 e. The first kappa shape index (κ1) is 10.1. The fourth-order valence-electron chi connectivity index (χ4n) is 1.13. The number of rotatable bonds is 4. The molecule has 1 aromatic carbocycles. The van der Waals surface area contributed by atoms with Gasteiger partial charge in [-0.05, 0) is 36.6 Å². The molecule has 70 valence electrons. The summed E-state index contributed by atoms with van der Waals surface area (Å²) in [5.74, 6) is 0.246. The molecular weight excluding hydrogens is 188 g/mol. The number of hydrogen-bond donors (Lipinski definition) is 1. The van der Waals surface area contributed by atoms with Crippen LogP contribution in [-0.2, 0) is 11.2 Å². The quantitative estimate of drug-likeness (QED) is 0.597. The number of aldehydes is 1. The first-order valence-corrected chi connectivity index (χ1v) is 4.53. The molecule has 0 radical (unpaired) electrons. The van der Waals surface area contributed by atoms with Crippen LogP contribution in [0.2, 0.25) is 5.02 Å². The van der Waals surface area contributed by atoms with Crippen molar-refractivity contribution in [2.24, 2.45) is 0 Å². The third-order valence-electron chi connectivity index (χ3n) is 1.81. The summed E-state index contributed by atoms with van der Waals surface area (Å²) in [5.41, 5.74) is 0.800. The van der Waals surface area contributed by atoms with Crippen molar-refractivity contribution in [3.05, 3.63) is 28.8 Å². The van der Waals surface area contributed by atoms with Crippen molar-refractivity contribution in [2.45, 2.75) is 19.3 Å². The van der Waals surface area contributed by atoms with E-state index in [2.05, 4.69) is 0 Å². The Morgan fingerprint density at radius 2 is 2.23 bits per heavy atom. The Balaban J connectivity index is 2.64. The maximum absolute atomic E-state index is 10.1. The van der Waals surface area contributed by atoms with Crippen LogP contribution in [0.4, 0.5) is 0 Å². The summed E-state index contributed by atoms with van der Waals surface area (Å²) >= 11 is 5.75. The molecule has 13 heavy (non-hydrogen) atoms. The average Bonchev–Trinajstić information content (AvgIpc) is 2.11. The van der Waals surface area contributed by atoms with Crippen LogP contribution in [0.15, 0.2) is 18.2 Å². The second-order valence-corrected chi connectivity index (χ2v) is 3.27. The molecule has 0 atom stereocenters. The van der Waals surface area contributed by atoms with Crippen LogP contribution >= 0.6 is 11.6 Å². The van der Waals surface area contributed by atoms with E-state index in [1.165, 1.54) is 0 Å². The SMILES string of the molecule is O=CCCCc1cc(Cl)ccc1O. The van der Waals surface area contributed by atoms with Gasteiger partial charge in [0.15, 0.2) is 0 Å². The van der Waals surface area contributed by atoms with Crippen LogP contribution in [0, 0.1) is 0 Å². The zero-order valence-electron chi connectivity index (χ0n) is 7.16. The van der Waals surface area contributed by atoms with Crippen LogP contribution in [-0.4, -0.2) is 11.4 Å². The van der Waals surface area contributed by atoms with E-state index in [-0.39, 0.29) is 5.75 Å². The molecule has 0 amide bonds. The second kappa shape index (κ2) is 4.87. The molecule has 0 saturated heterocycles. The van der Waals surface area contributed by atoms with E-state index in [4.69, 9.17) is 11.6 Å². The van der Waals surface area contributed by atoms with Gasteiger partial charge in [-0.1, -0.05) is 11.6 Å². The molecule has 2 nitrogen and oxygen atoms in total. The summed E-state index contributed by atoms with van der Waals surface area (Å²) < 4.78 is 0. The molecule has 0 aliphatic rings. The summed E-state index contributed by atoms with van der Waals surface area (Å²) in [4.78, 5) is 10.1. The number of unbranched alkanes of at least 4 members (excludes halogenated alkanes) is 1. The van der Waals surface area contributed by atoms with Gasteiger partial charge in [-0.15, -0.1) is 0 Å². The molecule has 0 fully saturated rings. The van der Waals surface area contributed by atoms with Crippen molar-refractivity contribution in [1.29, 1.82) is 0 Å². The van der Waals surface area contributed by atoms with Crippen LogP contribution in [0.5, 0.6) is 5.75 Å². The lowest BCUT2D eigenvalue weighted by atomic mass is 10.1. The Morgan fingerprint density at radius 1 is 1.46 bits per heavy atom. The standard InChI is InChI=1S/C10H11ClO2/c11-9-4-5-10(13)8(7-9)3-1-2-6-12/h4-7,13H,1-3H2. The summed E-state index contributed by atoms with van der Waals surface area (Å²) in [6.45, 7) is 0. The van der Waals surface area contributed by atoms with Gasteiger partial charge in [0, 0.05) is 11.4 Å². The van der Waals surface area contributed by atoms with E-state index in [0.717, 1.165) is 18.3 Å². The first-order valence-electron chi connectivity index (χ1n) is 4.15. The third kappa shape index (κ3) is 3.07. The highest BCUT2D eigenvalue weighted by molar-refractivity contribution is 6.30. The predicted octanol–water partition coefficient (Wildman–Crippen LogP) is 2.57. The number of aryl methyl sites for hydroxylation is 1. The Hall–Kier alpha value is -1.02. The molecule has 0 bridgehead atoms. The van der Waals surface area contributed by atoms with Crippen molar-refractivity contribution in [3.8, 4) is 5.75 Å². The van der Waals surface area contributed by atoms with Crippen molar-refractivity contribution >= 4 is 17.9 Å². The molecule has 0 spiro atoms. The Morgan fingerprint density at radius 3 is 2.92 bits per heavy atom. The number of aromatic hydroxyl groups is 1. The molecule has 1 N–H and O–H groups in total. The number of halogens is 1. The molecule has 3 heteroatoms. The normalized spacial score (nSPS) is 9.92. The van der Waals surface area contributed by atoms with E-state index < -0.39 is 0 Å². The van der Waals surface area contributed by atoms with Crippen molar-refractivity contribution in [2.75, 3.05) is 0 Å². The molecule has 0 aliphatic carbocycles. The zero-order chi connectivity index (χ0) is 9.68. The van der Waals surface area contributed by atoms with E-state index >= 15 is 0 Å². The maximum Gasteiger partial charge on any atom is 0.120 e. The monoisotopic (exact) mass is 198 g/mol. The fraction of sp³-hybridized carbons (Fsp3) is 0.300. The van der Waals surface area contributed by atoms with Gasteiger partial charge in [0.05, 0.1) is 0 Å². The number of benzene rings is 1. The highest BCUT2D eigenvalue weighted by Gasteiger charge is 2.01. The zero-order valence-corrected chi connectivity index (χ0v) is 7.92. The molecule has 0 saturated carbocycles. The van der Waals surface area contributed by atoms with Crippen LogP contribution in [0.25, 0.3) is 0 Å². The summed E-state index contributed by atoms with van der Waals surface area (Å²) in [5, 5.41) is 10.00. The summed E-state index contributed by atoms with van der Waals surface area (Å²) in [7, 11) is 0. The van der Waals surface area contributed by atoms with Gasteiger partial charge in [-0.25, -0.2) is 0 Å². The van der Waals surface area contributed by atoms with Gasteiger partial charge in [0.25, 0.3) is 0 Å². The molecule has 1 rings (SSSR count). The van der Waals surface area contributed by atoms with Crippen LogP contribution in [0.1, 0.15) is 18.4 Å². The van der Waals surface area contributed by atoms with E-state index in [0.29, 0.717) is 17.9 Å². The highest BCUT2D eigenvalue weighted by Crippen LogP contribution is 2.22. The Kier molecular flexibility index (Phi) is 3.77. The van der Waals surface area contributed by atoms with Crippen molar-refractivity contribution in [1.82, 2.24) is 0 Å². The number of phenolic OH excluding ortho intramolecular Hbond substituents is 1. The molecule has 0 aromatic heterocycles. The minimum atomic E-state index is 0.246. The lowest BCUT2D eigenvalue weighted by Gasteiger charge is -2.02. The predicted molar refractivity (Wildman–Crippen MR) is 52.1 cm³/mol. The maximum atomic E-state index is 10.1. The number of carbonyl (C=O) groups excluding carboxylic acids is 1. The molecule has 0 aliphatic heterocycles. The van der Waals surface area contributed by atoms with E-state index in [1.54, 1.807) is 18.2 Å². The lowest BCUT2D eigenvalue weighted by Crippen LogP contribution is -1.87. The lowest BCUT2D eigenvalue weighted by molar-refractivity contribution is -0.107. The van der Waals surface area contributed by atoms with Gasteiger partial charge in [-0.2, -0.15) is 0 Å². The van der Waals surface area contributed by atoms with Gasteiger partial charge in [0.2, 0.25) is 0 Å². The molecular formula is C10H11ClO2. The van der Waals surface area contributed by atoms with Crippen LogP contribution < -0.4 is 0 Å². The first-order chi connectivity index (χ1) is 6.24. The van der Waals surface area contributed by atoms with E-state index in [9.17, 15) is 9.90 Å². The van der Waals surface area contributed by atoms with E-state index in [1.807, 2.05) is 0 Å². The molecule has 0 unspecified atom stereocenters. The topological polar surface area (TPSA) is 37.3 Å². The average molecular weight is 199 g/mol. The molecule has 1 aromatic rings. The molecule has 0 heterocycles. The second-order valence-electron chi connectivity index (χ2n) is 2.83. The number of carbonyl (C=O) groups is 1.